The number of oxazole rings is 1. The molecule has 9 nitrogen and oxygen atoms in total. The number of nitrogens with zero attached hydrogens (tertiary/aromatic N) is 6. The SMILES string of the molecule is CCn1cnnc1C(=O)N1CCc2[nH]cnc2[C@H]1c1nc2cc(F)ccc2o1. The van der Waals surface area contributed by atoms with Crippen molar-refractivity contribution in [3.63, 3.8) is 0 Å². The summed E-state index contributed by atoms with van der Waals surface area (Å²) < 4.78 is 21.1. The molecule has 3 aromatic heterocycles. The minimum Gasteiger partial charge on any atom is -0.438 e. The Morgan fingerprint density at radius 3 is 3.18 bits per heavy atom. The third-order valence-corrected chi connectivity index (χ3v) is 4.93. The van der Waals surface area contributed by atoms with Crippen molar-refractivity contribution in [1.82, 2.24) is 34.6 Å². The molecule has 28 heavy (non-hydrogen) atoms. The molecule has 1 aromatic carbocycles. The number of carbonyl (C=O) groups excluding carboxylic acids is 1. The van der Waals surface area contributed by atoms with Gasteiger partial charge in [-0.1, -0.05) is 0 Å². The van der Waals surface area contributed by atoms with Crippen molar-refractivity contribution >= 4 is 17.0 Å². The van der Waals surface area contributed by atoms with Crippen LogP contribution in [0, 0.1) is 5.82 Å². The van der Waals surface area contributed by atoms with E-state index in [2.05, 4.69) is 25.1 Å². The van der Waals surface area contributed by atoms with Crippen molar-refractivity contribution in [2.45, 2.75) is 25.9 Å². The molecule has 0 radical (unpaired) electrons. The lowest BCUT2D eigenvalue weighted by atomic mass is 10.0. The molecule has 1 atom stereocenters. The molecule has 142 valence electrons. The van der Waals surface area contributed by atoms with Crippen LogP contribution in [0.15, 0.2) is 35.3 Å². The standard InChI is InChI=1S/C18H16FN7O2/c1-2-25-9-22-24-16(25)18(27)26-6-5-11-14(21-8-20-11)15(26)17-23-12-7-10(19)3-4-13(12)28-17/h3-4,7-9,15H,2,5-6H2,1H3,(H,20,21)/t15-/m0/s1. The van der Waals surface area contributed by atoms with Crippen LogP contribution in [0.1, 0.15) is 40.9 Å². The number of nitrogens with one attached hydrogen (secondary N) is 1. The third-order valence-electron chi connectivity index (χ3n) is 4.93. The fraction of sp³-hybridized carbons (Fsp3) is 0.278. The van der Waals surface area contributed by atoms with Gasteiger partial charge in [-0.25, -0.2) is 14.4 Å². The second kappa shape index (κ2) is 6.25. The molecule has 1 aliphatic heterocycles. The molecule has 4 heterocycles. The van der Waals surface area contributed by atoms with E-state index in [1.807, 2.05) is 6.92 Å². The summed E-state index contributed by atoms with van der Waals surface area (Å²) >= 11 is 0. The third kappa shape index (κ3) is 2.48. The van der Waals surface area contributed by atoms with Crippen LogP contribution in [-0.2, 0) is 13.0 Å². The molecule has 0 fully saturated rings. The molecule has 0 saturated carbocycles. The van der Waals surface area contributed by atoms with Gasteiger partial charge in [-0.3, -0.25) is 4.79 Å². The maximum Gasteiger partial charge on any atom is 0.292 e. The van der Waals surface area contributed by atoms with Crippen molar-refractivity contribution < 1.29 is 13.6 Å². The van der Waals surface area contributed by atoms with Gasteiger partial charge in [0.2, 0.25) is 11.7 Å². The Bertz CT molecular complexity index is 1180. The smallest absolute Gasteiger partial charge is 0.292 e. The van der Waals surface area contributed by atoms with E-state index in [1.54, 1.807) is 15.8 Å². The van der Waals surface area contributed by atoms with Crippen LogP contribution < -0.4 is 0 Å². The Kier molecular flexibility index (Phi) is 3.71. The van der Waals surface area contributed by atoms with Gasteiger partial charge in [0.25, 0.3) is 5.91 Å². The molecule has 4 aromatic rings. The second-order valence-corrected chi connectivity index (χ2v) is 6.52. The average Bonchev–Trinajstić information content (AvgIpc) is 3.43. The number of hydrogen-bond donors (Lipinski definition) is 1. The summed E-state index contributed by atoms with van der Waals surface area (Å²) in [5, 5.41) is 7.83. The van der Waals surface area contributed by atoms with Gasteiger partial charge < -0.3 is 18.9 Å². The van der Waals surface area contributed by atoms with E-state index < -0.39 is 11.9 Å². The molecule has 0 saturated heterocycles. The minimum atomic E-state index is -0.639. The maximum absolute atomic E-state index is 13.6. The van der Waals surface area contributed by atoms with Crippen LogP contribution in [0.2, 0.25) is 0 Å². The molecule has 0 unspecified atom stereocenters. The lowest BCUT2D eigenvalue weighted by Crippen LogP contribution is -2.42. The predicted octanol–water partition coefficient (Wildman–Crippen LogP) is 2.09. The van der Waals surface area contributed by atoms with Crippen molar-refractivity contribution in [2.24, 2.45) is 0 Å². The van der Waals surface area contributed by atoms with Crippen molar-refractivity contribution in [3.05, 3.63) is 59.8 Å². The van der Waals surface area contributed by atoms with Crippen LogP contribution >= 0.6 is 0 Å². The topological polar surface area (TPSA) is 106 Å². The first-order valence-electron chi connectivity index (χ1n) is 8.92. The molecular formula is C18H16FN7O2. The summed E-state index contributed by atoms with van der Waals surface area (Å²) in [6, 6.07) is 3.50. The van der Waals surface area contributed by atoms with Crippen LogP contribution in [0.5, 0.6) is 0 Å². The van der Waals surface area contributed by atoms with Gasteiger partial charge >= 0.3 is 0 Å². The van der Waals surface area contributed by atoms with Crippen LogP contribution in [0.4, 0.5) is 4.39 Å². The van der Waals surface area contributed by atoms with Gasteiger partial charge in [0, 0.05) is 31.3 Å². The number of aromatic nitrogens is 6. The summed E-state index contributed by atoms with van der Waals surface area (Å²) in [4.78, 5) is 26.8. The maximum atomic E-state index is 13.6. The Morgan fingerprint density at radius 2 is 2.32 bits per heavy atom. The number of carbonyl (C=O) groups is 1. The van der Waals surface area contributed by atoms with Crippen LogP contribution in [-0.4, -0.2) is 47.1 Å². The summed E-state index contributed by atoms with van der Waals surface area (Å²) in [5.74, 6) is -0.162. The molecular weight excluding hydrogens is 365 g/mol. The number of rotatable bonds is 3. The molecule has 0 spiro atoms. The number of benzene rings is 1. The number of halogens is 1. The molecule has 1 N–H and O–H groups in total. The Balaban J connectivity index is 1.63. The summed E-state index contributed by atoms with van der Waals surface area (Å²) in [7, 11) is 0. The highest BCUT2D eigenvalue weighted by atomic mass is 19.1. The lowest BCUT2D eigenvalue weighted by Gasteiger charge is -2.32. The molecule has 0 bridgehead atoms. The Labute approximate surface area is 158 Å². The molecule has 1 aliphatic rings. The number of H-pyrrole nitrogens is 1. The highest BCUT2D eigenvalue weighted by molar-refractivity contribution is 5.91. The summed E-state index contributed by atoms with van der Waals surface area (Å²) in [5.41, 5.74) is 2.42. The highest BCUT2D eigenvalue weighted by Crippen LogP contribution is 2.35. The molecule has 0 aliphatic carbocycles. The zero-order valence-electron chi connectivity index (χ0n) is 15.0. The first kappa shape index (κ1) is 16.6. The van der Waals surface area contributed by atoms with Crippen molar-refractivity contribution in [2.75, 3.05) is 6.54 Å². The number of amides is 1. The van der Waals surface area contributed by atoms with Crippen LogP contribution in [0.3, 0.4) is 0 Å². The number of fused-ring (bicyclic) bond motifs is 2. The van der Waals surface area contributed by atoms with Crippen LogP contribution in [0.25, 0.3) is 11.1 Å². The zero-order chi connectivity index (χ0) is 19.3. The summed E-state index contributed by atoms with van der Waals surface area (Å²) in [6.45, 7) is 2.92. The number of aromatic amines is 1. The van der Waals surface area contributed by atoms with Gasteiger partial charge in [0.05, 0.1) is 12.0 Å². The van der Waals surface area contributed by atoms with Crippen molar-refractivity contribution in [3.8, 4) is 0 Å². The zero-order valence-corrected chi connectivity index (χ0v) is 15.0. The van der Waals surface area contributed by atoms with E-state index in [4.69, 9.17) is 4.42 Å². The summed E-state index contributed by atoms with van der Waals surface area (Å²) in [6.07, 6.45) is 3.73. The van der Waals surface area contributed by atoms with E-state index in [0.29, 0.717) is 36.3 Å². The van der Waals surface area contributed by atoms with E-state index >= 15 is 0 Å². The van der Waals surface area contributed by atoms with E-state index in [0.717, 1.165) is 5.69 Å². The van der Waals surface area contributed by atoms with Gasteiger partial charge in [0.15, 0.2) is 11.6 Å². The lowest BCUT2D eigenvalue weighted by molar-refractivity contribution is 0.0649. The monoisotopic (exact) mass is 381 g/mol. The first-order valence-corrected chi connectivity index (χ1v) is 8.92. The van der Waals surface area contributed by atoms with Gasteiger partial charge in [-0.05, 0) is 19.1 Å². The van der Waals surface area contributed by atoms with Gasteiger partial charge in [0.1, 0.15) is 17.7 Å². The first-order chi connectivity index (χ1) is 13.7. The second-order valence-electron chi connectivity index (χ2n) is 6.52. The fourth-order valence-corrected chi connectivity index (χ4v) is 3.56. The molecule has 10 heteroatoms. The molecule has 1 amide bonds. The minimum absolute atomic E-state index is 0.244. The highest BCUT2D eigenvalue weighted by Gasteiger charge is 2.39. The van der Waals surface area contributed by atoms with E-state index in [1.165, 1.54) is 24.5 Å². The Hall–Kier alpha value is -3.56. The van der Waals surface area contributed by atoms with E-state index in [9.17, 15) is 9.18 Å². The predicted molar refractivity (Wildman–Crippen MR) is 94.8 cm³/mol. The van der Waals surface area contributed by atoms with Gasteiger partial charge in [-0.2, -0.15) is 0 Å². The van der Waals surface area contributed by atoms with E-state index in [-0.39, 0.29) is 17.6 Å². The normalized spacial score (nSPS) is 16.5. The molecule has 5 rings (SSSR count). The number of imidazole rings is 1. The van der Waals surface area contributed by atoms with Crippen molar-refractivity contribution in [1.29, 1.82) is 0 Å². The largest absolute Gasteiger partial charge is 0.438 e. The quantitative estimate of drug-likeness (QED) is 0.582. The van der Waals surface area contributed by atoms with Gasteiger partial charge in [-0.15, -0.1) is 10.2 Å². The Morgan fingerprint density at radius 1 is 1.43 bits per heavy atom. The average molecular weight is 381 g/mol. The number of hydrogen-bond acceptors (Lipinski definition) is 6. The fourth-order valence-electron chi connectivity index (χ4n) is 3.56. The number of aryl methyl sites for hydroxylation is 1.